The van der Waals surface area contributed by atoms with Gasteiger partial charge in [0, 0.05) is 18.3 Å². The summed E-state index contributed by atoms with van der Waals surface area (Å²) in [6, 6.07) is 15.1. The van der Waals surface area contributed by atoms with Crippen LogP contribution in [0.4, 0.5) is 5.69 Å². The topological polar surface area (TPSA) is 58.2 Å². The fourth-order valence-electron chi connectivity index (χ4n) is 2.27. The van der Waals surface area contributed by atoms with Crippen LogP contribution in [0.15, 0.2) is 53.4 Å². The molecule has 0 amide bonds. The van der Waals surface area contributed by atoms with Crippen LogP contribution in [0.25, 0.3) is 0 Å². The molecule has 0 fully saturated rings. The molecule has 0 spiro atoms. The lowest BCUT2D eigenvalue weighted by Crippen LogP contribution is -2.23. The first-order valence-electron chi connectivity index (χ1n) is 7.85. The highest BCUT2D eigenvalue weighted by Crippen LogP contribution is 2.14. The van der Waals surface area contributed by atoms with Gasteiger partial charge in [0.2, 0.25) is 10.0 Å². The van der Waals surface area contributed by atoms with Gasteiger partial charge in [-0.2, -0.15) is 0 Å². The van der Waals surface area contributed by atoms with Gasteiger partial charge >= 0.3 is 0 Å². The highest BCUT2D eigenvalue weighted by molar-refractivity contribution is 7.89. The monoisotopic (exact) mass is 332 g/mol. The number of benzene rings is 2. The Morgan fingerprint density at radius 3 is 2.30 bits per heavy atom. The summed E-state index contributed by atoms with van der Waals surface area (Å²) in [5.41, 5.74) is 3.03. The lowest BCUT2D eigenvalue weighted by Gasteiger charge is -2.12. The fourth-order valence-corrected chi connectivity index (χ4v) is 3.29. The van der Waals surface area contributed by atoms with E-state index in [-0.39, 0.29) is 6.54 Å². The van der Waals surface area contributed by atoms with Crippen molar-refractivity contribution in [3.8, 4) is 0 Å². The molecule has 0 saturated carbocycles. The minimum Gasteiger partial charge on any atom is -0.383 e. The third kappa shape index (κ3) is 5.08. The minimum absolute atomic E-state index is 0.269. The van der Waals surface area contributed by atoms with Crippen LogP contribution in [0, 0.1) is 0 Å². The van der Waals surface area contributed by atoms with Crippen molar-refractivity contribution >= 4 is 15.7 Å². The van der Waals surface area contributed by atoms with Gasteiger partial charge in [0.15, 0.2) is 0 Å². The van der Waals surface area contributed by atoms with Crippen molar-refractivity contribution < 1.29 is 8.42 Å². The van der Waals surface area contributed by atoms with E-state index >= 15 is 0 Å². The number of sulfonamides is 1. The van der Waals surface area contributed by atoms with Gasteiger partial charge in [-0.15, -0.1) is 0 Å². The van der Waals surface area contributed by atoms with E-state index in [9.17, 15) is 8.42 Å². The molecule has 0 aromatic heterocycles. The number of aryl methyl sites for hydroxylation is 1. The van der Waals surface area contributed by atoms with Crippen LogP contribution in [0.2, 0.25) is 0 Å². The van der Waals surface area contributed by atoms with Crippen molar-refractivity contribution in [3.63, 3.8) is 0 Å². The van der Waals surface area contributed by atoms with Crippen LogP contribution in [0.3, 0.4) is 0 Å². The standard InChI is InChI=1S/C18H24N2O2S/c1-4-15-8-10-18(11-9-15)23(21,22)19-13-16-6-5-7-17(12-16)20-14(2)3/h5-12,14,19-20H,4,13H2,1-3H3. The summed E-state index contributed by atoms with van der Waals surface area (Å²) in [6.07, 6.45) is 0.892. The largest absolute Gasteiger partial charge is 0.383 e. The Kier molecular flexibility index (Phi) is 5.80. The van der Waals surface area contributed by atoms with Crippen molar-refractivity contribution in [2.45, 2.75) is 44.7 Å². The highest BCUT2D eigenvalue weighted by atomic mass is 32.2. The molecule has 0 aliphatic carbocycles. The molecule has 0 bridgehead atoms. The normalized spacial score (nSPS) is 11.7. The second kappa shape index (κ2) is 7.62. The van der Waals surface area contributed by atoms with Crippen LogP contribution in [0.5, 0.6) is 0 Å². The molecule has 5 heteroatoms. The molecule has 23 heavy (non-hydrogen) atoms. The smallest absolute Gasteiger partial charge is 0.240 e. The molecule has 0 unspecified atom stereocenters. The number of nitrogens with one attached hydrogen (secondary N) is 2. The number of anilines is 1. The minimum atomic E-state index is -3.49. The van der Waals surface area contributed by atoms with Gasteiger partial charge in [0.25, 0.3) is 0 Å². The zero-order chi connectivity index (χ0) is 16.9. The van der Waals surface area contributed by atoms with Crippen molar-refractivity contribution in [1.82, 2.24) is 4.72 Å². The molecule has 2 N–H and O–H groups in total. The van der Waals surface area contributed by atoms with E-state index < -0.39 is 10.0 Å². The molecule has 0 atom stereocenters. The van der Waals surface area contributed by atoms with Crippen molar-refractivity contribution in [2.24, 2.45) is 0 Å². The van der Waals surface area contributed by atoms with Crippen LogP contribution in [0.1, 0.15) is 31.9 Å². The summed E-state index contributed by atoms with van der Waals surface area (Å²) in [5, 5.41) is 3.31. The summed E-state index contributed by atoms with van der Waals surface area (Å²) in [4.78, 5) is 0.297. The number of hydrogen-bond acceptors (Lipinski definition) is 3. The second-order valence-electron chi connectivity index (χ2n) is 5.82. The Morgan fingerprint density at radius 2 is 1.70 bits per heavy atom. The molecule has 0 aliphatic rings. The summed E-state index contributed by atoms with van der Waals surface area (Å²) >= 11 is 0. The first-order chi connectivity index (χ1) is 10.9. The fraction of sp³-hybridized carbons (Fsp3) is 0.333. The van der Waals surface area contributed by atoms with E-state index in [0.717, 1.165) is 23.2 Å². The first-order valence-corrected chi connectivity index (χ1v) is 9.33. The molecule has 124 valence electrons. The SMILES string of the molecule is CCc1ccc(S(=O)(=O)NCc2cccc(NC(C)C)c2)cc1. The average Bonchev–Trinajstić information content (AvgIpc) is 2.53. The Hall–Kier alpha value is -1.85. The maximum Gasteiger partial charge on any atom is 0.240 e. The van der Waals surface area contributed by atoms with Crippen molar-refractivity contribution in [3.05, 3.63) is 59.7 Å². The van der Waals surface area contributed by atoms with Crippen molar-refractivity contribution in [2.75, 3.05) is 5.32 Å². The number of hydrogen-bond donors (Lipinski definition) is 2. The maximum atomic E-state index is 12.3. The predicted octanol–water partition coefficient (Wildman–Crippen LogP) is 3.55. The van der Waals surface area contributed by atoms with Gasteiger partial charge in [0.05, 0.1) is 4.90 Å². The molecule has 0 saturated heterocycles. The van der Waals surface area contributed by atoms with Gasteiger partial charge in [-0.05, 0) is 55.7 Å². The highest BCUT2D eigenvalue weighted by Gasteiger charge is 2.13. The molecule has 2 aromatic carbocycles. The van der Waals surface area contributed by atoms with Gasteiger partial charge in [0.1, 0.15) is 0 Å². The summed E-state index contributed by atoms with van der Waals surface area (Å²) in [6.45, 7) is 6.44. The van der Waals surface area contributed by atoms with Crippen molar-refractivity contribution in [1.29, 1.82) is 0 Å². The molecular formula is C18H24N2O2S. The third-order valence-corrected chi connectivity index (χ3v) is 4.91. The predicted molar refractivity (Wildman–Crippen MR) is 95.0 cm³/mol. The summed E-state index contributed by atoms with van der Waals surface area (Å²) < 4.78 is 27.3. The molecule has 4 nitrogen and oxygen atoms in total. The maximum absolute atomic E-state index is 12.3. The van der Waals surface area contributed by atoms with Crippen LogP contribution in [-0.2, 0) is 23.0 Å². The zero-order valence-corrected chi connectivity index (χ0v) is 14.7. The van der Waals surface area contributed by atoms with Crippen LogP contribution >= 0.6 is 0 Å². The Morgan fingerprint density at radius 1 is 1.00 bits per heavy atom. The Bertz CT molecular complexity index is 738. The van der Waals surface area contributed by atoms with E-state index in [1.807, 2.05) is 43.3 Å². The van der Waals surface area contributed by atoms with E-state index in [4.69, 9.17) is 0 Å². The lowest BCUT2D eigenvalue weighted by molar-refractivity contribution is 0.581. The van der Waals surface area contributed by atoms with Crippen LogP contribution < -0.4 is 10.0 Å². The Balaban J connectivity index is 2.06. The van der Waals surface area contributed by atoms with Gasteiger partial charge in [-0.3, -0.25) is 0 Å². The van der Waals surface area contributed by atoms with Crippen LogP contribution in [-0.4, -0.2) is 14.5 Å². The molecule has 2 rings (SSSR count). The average molecular weight is 332 g/mol. The quantitative estimate of drug-likeness (QED) is 0.815. The number of rotatable bonds is 7. The second-order valence-corrected chi connectivity index (χ2v) is 7.59. The zero-order valence-electron chi connectivity index (χ0n) is 13.8. The van der Waals surface area contributed by atoms with E-state index in [0.29, 0.717) is 10.9 Å². The summed E-state index contributed by atoms with van der Waals surface area (Å²) in [5.74, 6) is 0. The van der Waals surface area contributed by atoms with E-state index in [1.54, 1.807) is 12.1 Å². The first kappa shape index (κ1) is 17.5. The van der Waals surface area contributed by atoms with Gasteiger partial charge in [-0.25, -0.2) is 13.1 Å². The summed E-state index contributed by atoms with van der Waals surface area (Å²) in [7, 11) is -3.49. The third-order valence-electron chi connectivity index (χ3n) is 3.49. The Labute approximate surface area is 139 Å². The molecule has 2 aromatic rings. The molecule has 0 radical (unpaired) electrons. The molecule has 0 aliphatic heterocycles. The van der Waals surface area contributed by atoms with Gasteiger partial charge in [-0.1, -0.05) is 31.2 Å². The van der Waals surface area contributed by atoms with E-state index in [2.05, 4.69) is 23.9 Å². The van der Waals surface area contributed by atoms with Gasteiger partial charge < -0.3 is 5.32 Å². The van der Waals surface area contributed by atoms with E-state index in [1.165, 1.54) is 0 Å². The lowest BCUT2D eigenvalue weighted by atomic mass is 10.2. The molecule has 0 heterocycles. The molecular weight excluding hydrogens is 308 g/mol.